The van der Waals surface area contributed by atoms with Crippen LogP contribution in [-0.2, 0) is 25.7 Å². The smallest absolute Gasteiger partial charge is 0.318 e. The number of rotatable bonds is 8. The highest BCUT2D eigenvalue weighted by Crippen LogP contribution is 2.59. The van der Waals surface area contributed by atoms with E-state index in [-0.39, 0.29) is 43.0 Å². The lowest BCUT2D eigenvalue weighted by Gasteiger charge is -2.57. The normalized spacial score (nSPS) is 34.7. The zero-order chi connectivity index (χ0) is 28.2. The molecule has 8 heteroatoms. The molecule has 41 heavy (non-hydrogen) atoms. The van der Waals surface area contributed by atoms with Gasteiger partial charge in [-0.25, -0.2) is 0 Å². The van der Waals surface area contributed by atoms with Crippen molar-refractivity contribution in [1.29, 1.82) is 0 Å². The number of hydrogen-bond acceptors (Lipinski definition) is 6. The van der Waals surface area contributed by atoms with Crippen LogP contribution < -0.4 is 14.8 Å². The van der Waals surface area contributed by atoms with Gasteiger partial charge in [-0.05, 0) is 112 Å². The van der Waals surface area contributed by atoms with Crippen LogP contribution in [-0.4, -0.2) is 42.6 Å². The summed E-state index contributed by atoms with van der Waals surface area (Å²) in [5, 5.41) is 3.27. The number of ether oxygens (including phenoxy) is 3. The molecule has 5 fully saturated rings. The molecular weight excluding hydrogens is 520 g/mol. The second-order valence-corrected chi connectivity index (χ2v) is 13.7. The van der Waals surface area contributed by atoms with Gasteiger partial charge < -0.3 is 24.4 Å². The van der Waals surface area contributed by atoms with Gasteiger partial charge in [0.2, 0.25) is 18.6 Å². The Hall–Kier alpha value is -3.03. The van der Waals surface area contributed by atoms with Crippen LogP contribution in [0.5, 0.6) is 11.5 Å². The van der Waals surface area contributed by atoms with Crippen molar-refractivity contribution in [2.24, 2.45) is 34.5 Å². The van der Waals surface area contributed by atoms with Crippen LogP contribution >= 0.6 is 0 Å². The summed E-state index contributed by atoms with van der Waals surface area (Å²) in [4.78, 5) is 42.9. The monoisotopic (exact) mass is 562 g/mol. The standard InChI is InChI=1S/C33H42N2O6/c1-2-39-31(38)33-8-4-3-5-28(33)35(18-21-6-7-26-27(12-21)41-20-40-26)30(37)25(17-33)13-29(36)34-19-32-14-22-9-23(15-32)11-24(10-22)16-32/h5-7,12,22-25H,2-4,8-11,13-20H2,1H3,(H,34,36)/t22?,23?,24?,25-,32?,33-/m0/s1. The number of nitrogens with one attached hydrogen (secondary N) is 1. The SMILES string of the molecule is CCOC(=O)[C@]12CCCC=C1N(Cc1ccc3c(c1)OCO3)C(=O)[C@@H](CC(=O)NCC13CC4CC(CC(C4)C1)C3)C2. The van der Waals surface area contributed by atoms with Gasteiger partial charge in [0.05, 0.1) is 13.2 Å². The number of fused-ring (bicyclic) bond motifs is 2. The highest BCUT2D eigenvalue weighted by Gasteiger charge is 2.55. The lowest BCUT2D eigenvalue weighted by atomic mass is 9.49. The molecule has 4 bridgehead atoms. The number of amides is 2. The summed E-state index contributed by atoms with van der Waals surface area (Å²) in [5.41, 5.74) is 0.940. The van der Waals surface area contributed by atoms with Gasteiger partial charge in [-0.2, -0.15) is 0 Å². The first-order chi connectivity index (χ1) is 19.9. The van der Waals surface area contributed by atoms with Crippen LogP contribution in [0.3, 0.4) is 0 Å². The van der Waals surface area contributed by atoms with Crippen molar-refractivity contribution in [3.8, 4) is 11.5 Å². The highest BCUT2D eigenvalue weighted by atomic mass is 16.7. The third kappa shape index (κ3) is 4.81. The van der Waals surface area contributed by atoms with Gasteiger partial charge in [0, 0.05) is 24.6 Å². The van der Waals surface area contributed by atoms with Crippen molar-refractivity contribution in [1.82, 2.24) is 10.2 Å². The zero-order valence-electron chi connectivity index (χ0n) is 24.1. The van der Waals surface area contributed by atoms with Crippen LogP contribution in [0.4, 0.5) is 0 Å². The number of benzene rings is 1. The van der Waals surface area contributed by atoms with Crippen molar-refractivity contribution < 1.29 is 28.6 Å². The Morgan fingerprint density at radius 2 is 1.78 bits per heavy atom. The molecule has 2 heterocycles. The van der Waals surface area contributed by atoms with Crippen LogP contribution in [0.15, 0.2) is 30.0 Å². The molecule has 1 N–H and O–H groups in total. The molecule has 7 aliphatic rings. The Labute approximate surface area is 242 Å². The van der Waals surface area contributed by atoms with E-state index in [0.29, 0.717) is 37.4 Å². The molecule has 8 rings (SSSR count). The van der Waals surface area contributed by atoms with Crippen LogP contribution in [0.2, 0.25) is 0 Å². The maximum absolute atomic E-state index is 14.1. The Balaban J connectivity index is 1.11. The number of carbonyl (C=O) groups excluding carboxylic acids is 3. The molecule has 0 unspecified atom stereocenters. The molecule has 0 spiro atoms. The van der Waals surface area contributed by atoms with E-state index in [1.807, 2.05) is 31.2 Å². The van der Waals surface area contributed by atoms with Gasteiger partial charge in [-0.15, -0.1) is 0 Å². The van der Waals surface area contributed by atoms with Gasteiger partial charge in [0.1, 0.15) is 5.41 Å². The van der Waals surface area contributed by atoms with Crippen molar-refractivity contribution >= 4 is 17.8 Å². The first-order valence-corrected chi connectivity index (χ1v) is 15.7. The Morgan fingerprint density at radius 3 is 2.51 bits per heavy atom. The minimum atomic E-state index is -0.913. The molecule has 8 nitrogen and oxygen atoms in total. The van der Waals surface area contributed by atoms with E-state index in [2.05, 4.69) is 5.32 Å². The number of esters is 1. The number of nitrogens with zero attached hydrogens (tertiary/aromatic N) is 1. The average Bonchev–Trinajstić information content (AvgIpc) is 3.42. The fourth-order valence-corrected chi connectivity index (χ4v) is 9.58. The topological polar surface area (TPSA) is 94.2 Å². The van der Waals surface area contributed by atoms with E-state index in [1.165, 1.54) is 38.5 Å². The number of allylic oxidation sites excluding steroid dienone is 1. The van der Waals surface area contributed by atoms with E-state index in [9.17, 15) is 14.4 Å². The van der Waals surface area contributed by atoms with Gasteiger partial charge in [-0.3, -0.25) is 14.4 Å². The van der Waals surface area contributed by atoms with Gasteiger partial charge in [0.15, 0.2) is 11.5 Å². The second kappa shape index (κ2) is 10.4. The van der Waals surface area contributed by atoms with Crippen LogP contribution in [0.1, 0.15) is 83.1 Å². The predicted molar refractivity (Wildman–Crippen MR) is 150 cm³/mol. The number of piperidine rings is 1. The van der Waals surface area contributed by atoms with Crippen LogP contribution in [0.25, 0.3) is 0 Å². The third-order valence-electron chi connectivity index (χ3n) is 10.8. The first-order valence-electron chi connectivity index (χ1n) is 15.7. The summed E-state index contributed by atoms with van der Waals surface area (Å²) < 4.78 is 16.7. The van der Waals surface area contributed by atoms with Crippen molar-refractivity contribution in [3.05, 3.63) is 35.5 Å². The van der Waals surface area contributed by atoms with Crippen molar-refractivity contribution in [3.63, 3.8) is 0 Å². The molecule has 2 aliphatic heterocycles. The largest absolute Gasteiger partial charge is 0.465 e. The number of carbonyl (C=O) groups is 3. The van der Waals surface area contributed by atoms with E-state index < -0.39 is 11.3 Å². The Bertz CT molecular complexity index is 1240. The Morgan fingerprint density at radius 1 is 1.05 bits per heavy atom. The maximum atomic E-state index is 14.1. The summed E-state index contributed by atoms with van der Waals surface area (Å²) in [5.74, 6) is 2.77. The first kappa shape index (κ1) is 26.8. The van der Waals surface area contributed by atoms with Crippen molar-refractivity contribution in [2.45, 2.75) is 84.1 Å². The third-order valence-corrected chi connectivity index (χ3v) is 10.8. The molecular formula is C33H42N2O6. The molecule has 0 aromatic heterocycles. The minimum absolute atomic E-state index is 0.0793. The molecule has 1 aromatic rings. The zero-order valence-corrected chi connectivity index (χ0v) is 24.1. The minimum Gasteiger partial charge on any atom is -0.465 e. The van der Waals surface area contributed by atoms with E-state index in [0.717, 1.165) is 41.9 Å². The lowest BCUT2D eigenvalue weighted by Crippen LogP contribution is -2.54. The fraction of sp³-hybridized carbons (Fsp3) is 0.667. The summed E-state index contributed by atoms with van der Waals surface area (Å²) in [7, 11) is 0. The summed E-state index contributed by atoms with van der Waals surface area (Å²) >= 11 is 0. The summed E-state index contributed by atoms with van der Waals surface area (Å²) in [6.45, 7) is 3.28. The number of hydrogen-bond donors (Lipinski definition) is 1. The Kier molecular flexibility index (Phi) is 6.78. The second-order valence-electron chi connectivity index (χ2n) is 13.7. The van der Waals surface area contributed by atoms with Gasteiger partial charge >= 0.3 is 5.97 Å². The quantitative estimate of drug-likeness (QED) is 0.443. The molecule has 1 aromatic carbocycles. The van der Waals surface area contributed by atoms with E-state index in [4.69, 9.17) is 14.2 Å². The summed E-state index contributed by atoms with van der Waals surface area (Å²) in [6.07, 6.45) is 12.5. The maximum Gasteiger partial charge on any atom is 0.318 e. The lowest BCUT2D eigenvalue weighted by molar-refractivity contribution is -0.162. The average molecular weight is 563 g/mol. The molecule has 5 aliphatic carbocycles. The molecule has 2 atom stereocenters. The molecule has 2 amide bonds. The van der Waals surface area contributed by atoms with Gasteiger partial charge in [0.25, 0.3) is 0 Å². The predicted octanol–water partition coefficient (Wildman–Crippen LogP) is 5.10. The molecule has 1 saturated heterocycles. The highest BCUT2D eigenvalue weighted by molar-refractivity contribution is 5.92. The van der Waals surface area contributed by atoms with E-state index in [1.54, 1.807) is 4.90 Å². The van der Waals surface area contributed by atoms with Gasteiger partial charge in [-0.1, -0.05) is 12.1 Å². The van der Waals surface area contributed by atoms with E-state index >= 15 is 0 Å². The fourth-order valence-electron chi connectivity index (χ4n) is 9.58. The van der Waals surface area contributed by atoms with Crippen molar-refractivity contribution in [2.75, 3.05) is 19.9 Å². The summed E-state index contributed by atoms with van der Waals surface area (Å²) in [6, 6.07) is 5.68. The molecule has 220 valence electrons. The van der Waals surface area contributed by atoms with Crippen LogP contribution in [0, 0.1) is 34.5 Å². The molecule has 0 radical (unpaired) electrons. The molecule has 4 saturated carbocycles. The number of likely N-dealkylation sites (tertiary alicyclic amines) is 1.